The lowest BCUT2D eigenvalue weighted by Gasteiger charge is -2.36. The van der Waals surface area contributed by atoms with Crippen LogP contribution >= 0.6 is 23.4 Å². The van der Waals surface area contributed by atoms with E-state index in [1.807, 2.05) is 72.8 Å². The molecule has 1 aliphatic rings. The first-order chi connectivity index (χ1) is 25.7. The number of aromatic nitrogens is 2. The molecule has 1 aromatic heterocycles. The summed E-state index contributed by atoms with van der Waals surface area (Å²) in [5.41, 5.74) is 4.97. The van der Waals surface area contributed by atoms with E-state index in [0.717, 1.165) is 60.0 Å². The Bertz CT molecular complexity index is 2340. The molecular formula is C39H36ClN7O4S2. The molecule has 0 aliphatic carbocycles. The molecule has 7 rings (SSSR count). The number of fused-ring (bicyclic) bond motifs is 1. The highest BCUT2D eigenvalue weighted by molar-refractivity contribution is 7.99. The van der Waals surface area contributed by atoms with Gasteiger partial charge in [0.15, 0.2) is 5.82 Å². The number of benzene rings is 5. The van der Waals surface area contributed by atoms with Crippen molar-refractivity contribution in [1.29, 1.82) is 0 Å². The SMILES string of the molecule is O=[N+]([O-])c1cc(S(=O)(=O)Nc2ncnc3cc(N4CCN(Cc5cc(Cl)ccc5-c5ccccc5)CC4)ccc23)ccc1NCCSc1ccccc1. The van der Waals surface area contributed by atoms with Gasteiger partial charge in [0, 0.05) is 72.1 Å². The van der Waals surface area contributed by atoms with Gasteiger partial charge in [-0.3, -0.25) is 19.7 Å². The number of nitrogens with one attached hydrogen (secondary N) is 2. The highest BCUT2D eigenvalue weighted by atomic mass is 35.5. The van der Waals surface area contributed by atoms with Gasteiger partial charge >= 0.3 is 0 Å². The molecule has 270 valence electrons. The number of anilines is 3. The second-order valence-electron chi connectivity index (χ2n) is 12.5. The highest BCUT2D eigenvalue weighted by Crippen LogP contribution is 2.32. The molecule has 0 radical (unpaired) electrons. The second kappa shape index (κ2) is 16.2. The lowest BCUT2D eigenvalue weighted by Crippen LogP contribution is -2.46. The van der Waals surface area contributed by atoms with Gasteiger partial charge in [-0.15, -0.1) is 11.8 Å². The number of thioether (sulfide) groups is 1. The minimum atomic E-state index is -4.23. The standard InChI is InChI=1S/C39H36ClN7O4S2/c40-30-11-14-34(28-7-3-1-4-8-28)29(23-30)26-45-18-20-46(21-19-45)31-12-15-35-37(24-31)42-27-43-39(35)44-53(50,51)33-13-16-36(38(25-33)47(48)49)41-17-22-52-32-9-5-2-6-10-32/h1-16,23-25,27,41H,17-22,26H2,(H,42,43,44). The first-order valence-electron chi connectivity index (χ1n) is 17.0. The van der Waals surface area contributed by atoms with Gasteiger partial charge in [0.2, 0.25) is 0 Å². The van der Waals surface area contributed by atoms with E-state index in [9.17, 15) is 18.5 Å². The van der Waals surface area contributed by atoms with Crippen LogP contribution in [-0.2, 0) is 16.6 Å². The van der Waals surface area contributed by atoms with Crippen LogP contribution in [0.15, 0.2) is 131 Å². The lowest BCUT2D eigenvalue weighted by atomic mass is 9.99. The van der Waals surface area contributed by atoms with Gasteiger partial charge in [0.25, 0.3) is 15.7 Å². The molecule has 11 nitrogen and oxygen atoms in total. The number of rotatable bonds is 13. The van der Waals surface area contributed by atoms with Crippen molar-refractivity contribution in [2.45, 2.75) is 16.3 Å². The number of sulfonamides is 1. The van der Waals surface area contributed by atoms with E-state index in [4.69, 9.17) is 11.6 Å². The van der Waals surface area contributed by atoms with Crippen molar-refractivity contribution in [2.75, 3.05) is 53.4 Å². The Balaban J connectivity index is 1.01. The predicted octanol–water partition coefficient (Wildman–Crippen LogP) is 8.19. The maximum Gasteiger partial charge on any atom is 0.293 e. The number of nitro benzene ring substituents is 1. The van der Waals surface area contributed by atoms with Gasteiger partial charge in [-0.25, -0.2) is 18.4 Å². The molecule has 2 heterocycles. The highest BCUT2D eigenvalue weighted by Gasteiger charge is 2.24. The van der Waals surface area contributed by atoms with E-state index in [2.05, 4.69) is 48.0 Å². The largest absolute Gasteiger partial charge is 0.379 e. The van der Waals surface area contributed by atoms with Crippen molar-refractivity contribution in [3.8, 4) is 11.1 Å². The smallest absolute Gasteiger partial charge is 0.293 e. The van der Waals surface area contributed by atoms with Crippen LogP contribution in [-0.4, -0.2) is 66.7 Å². The van der Waals surface area contributed by atoms with Crippen molar-refractivity contribution < 1.29 is 13.3 Å². The summed E-state index contributed by atoms with van der Waals surface area (Å²) in [6.45, 7) is 4.53. The van der Waals surface area contributed by atoms with E-state index >= 15 is 0 Å². The lowest BCUT2D eigenvalue weighted by molar-refractivity contribution is -0.384. The molecule has 6 aromatic rings. The normalized spacial score (nSPS) is 13.6. The van der Waals surface area contributed by atoms with Gasteiger partial charge < -0.3 is 10.2 Å². The zero-order valence-corrected chi connectivity index (χ0v) is 30.9. The van der Waals surface area contributed by atoms with Crippen molar-refractivity contribution in [3.63, 3.8) is 0 Å². The maximum absolute atomic E-state index is 13.5. The average molecular weight is 766 g/mol. The predicted molar refractivity (Wildman–Crippen MR) is 213 cm³/mol. The van der Waals surface area contributed by atoms with Crippen molar-refractivity contribution >= 4 is 67.2 Å². The van der Waals surface area contributed by atoms with Crippen LogP contribution in [0.3, 0.4) is 0 Å². The van der Waals surface area contributed by atoms with E-state index in [1.54, 1.807) is 17.8 Å². The van der Waals surface area contributed by atoms with Gasteiger partial charge in [0.05, 0.1) is 15.3 Å². The minimum Gasteiger partial charge on any atom is -0.379 e. The third-order valence-electron chi connectivity index (χ3n) is 9.04. The topological polar surface area (TPSA) is 134 Å². The Hall–Kier alpha value is -5.21. The summed E-state index contributed by atoms with van der Waals surface area (Å²) in [7, 11) is -4.23. The quantitative estimate of drug-likeness (QED) is 0.0513. The first-order valence-corrected chi connectivity index (χ1v) is 19.9. The third kappa shape index (κ3) is 8.71. The molecule has 0 spiro atoms. The molecular weight excluding hydrogens is 730 g/mol. The van der Waals surface area contributed by atoms with E-state index < -0.39 is 14.9 Å². The van der Waals surface area contributed by atoms with E-state index in [1.165, 1.54) is 29.6 Å². The van der Waals surface area contributed by atoms with Gasteiger partial charge in [-0.2, -0.15) is 0 Å². The number of hydrogen-bond acceptors (Lipinski definition) is 10. The Morgan fingerprint density at radius 3 is 2.36 bits per heavy atom. The van der Waals surface area contributed by atoms with Crippen LogP contribution in [0.2, 0.25) is 5.02 Å². The summed E-state index contributed by atoms with van der Waals surface area (Å²) in [6, 6.07) is 35.7. The Kier molecular flexibility index (Phi) is 11.1. The van der Waals surface area contributed by atoms with Crippen LogP contribution in [0.4, 0.5) is 22.9 Å². The molecule has 53 heavy (non-hydrogen) atoms. The molecule has 2 N–H and O–H groups in total. The summed E-state index contributed by atoms with van der Waals surface area (Å²) in [5.74, 6) is 0.756. The molecule has 5 aromatic carbocycles. The van der Waals surface area contributed by atoms with Gasteiger partial charge in [-0.1, -0.05) is 66.2 Å². The van der Waals surface area contributed by atoms with Crippen molar-refractivity contribution in [1.82, 2.24) is 14.9 Å². The number of nitrogens with zero attached hydrogens (tertiary/aromatic N) is 5. The number of piperazine rings is 1. The summed E-state index contributed by atoms with van der Waals surface area (Å²) in [6.07, 6.45) is 1.31. The Morgan fingerprint density at radius 1 is 0.849 bits per heavy atom. The maximum atomic E-state index is 13.5. The zero-order valence-electron chi connectivity index (χ0n) is 28.6. The number of hydrogen-bond donors (Lipinski definition) is 2. The summed E-state index contributed by atoms with van der Waals surface area (Å²) >= 11 is 8.02. The monoisotopic (exact) mass is 765 g/mol. The van der Waals surface area contributed by atoms with Crippen molar-refractivity contribution in [2.24, 2.45) is 0 Å². The third-order valence-corrected chi connectivity index (χ3v) is 11.6. The first kappa shape index (κ1) is 36.2. The van der Waals surface area contributed by atoms with E-state index in [0.29, 0.717) is 23.2 Å². The second-order valence-corrected chi connectivity index (χ2v) is 15.8. The fourth-order valence-electron chi connectivity index (χ4n) is 6.36. The van der Waals surface area contributed by atoms with Gasteiger partial charge in [0.1, 0.15) is 12.0 Å². The van der Waals surface area contributed by atoms with Crippen LogP contribution in [0.25, 0.3) is 22.0 Å². The molecule has 0 saturated carbocycles. The molecule has 1 aliphatic heterocycles. The fourth-order valence-corrected chi connectivity index (χ4v) is 8.39. The molecule has 0 atom stereocenters. The van der Waals surface area contributed by atoms with Crippen LogP contribution in [0.5, 0.6) is 0 Å². The summed E-state index contributed by atoms with van der Waals surface area (Å²) in [4.78, 5) is 25.5. The Morgan fingerprint density at radius 2 is 1.60 bits per heavy atom. The molecule has 14 heteroatoms. The average Bonchev–Trinajstić information content (AvgIpc) is 3.17. The summed E-state index contributed by atoms with van der Waals surface area (Å²) in [5, 5.41) is 16.2. The van der Waals surface area contributed by atoms with Crippen LogP contribution < -0.4 is 14.9 Å². The van der Waals surface area contributed by atoms with Crippen molar-refractivity contribution in [3.05, 3.63) is 142 Å². The fraction of sp³-hybridized carbons (Fsp3) is 0.179. The number of halogens is 1. The summed E-state index contributed by atoms with van der Waals surface area (Å²) < 4.78 is 29.5. The molecule has 0 unspecified atom stereocenters. The van der Waals surface area contributed by atoms with E-state index in [-0.39, 0.29) is 22.1 Å². The Labute approximate surface area is 317 Å². The molecule has 0 amide bonds. The van der Waals surface area contributed by atoms with Crippen LogP contribution in [0, 0.1) is 10.1 Å². The number of nitro groups is 1. The van der Waals surface area contributed by atoms with Gasteiger partial charge in [-0.05, 0) is 71.3 Å². The molecule has 1 fully saturated rings. The van der Waals surface area contributed by atoms with Crippen LogP contribution in [0.1, 0.15) is 5.56 Å². The minimum absolute atomic E-state index is 0.0879. The molecule has 0 bridgehead atoms. The molecule has 1 saturated heterocycles. The zero-order chi connectivity index (χ0) is 36.8.